The lowest BCUT2D eigenvalue weighted by Crippen LogP contribution is -2.06. The Labute approximate surface area is 152 Å². The number of amides is 1. The van der Waals surface area contributed by atoms with Crippen LogP contribution in [-0.2, 0) is 9.53 Å². The van der Waals surface area contributed by atoms with Crippen LogP contribution in [0.2, 0.25) is 0 Å². The number of fused-ring (bicyclic) bond motifs is 1. The number of nitrogens with one attached hydrogen (secondary N) is 1. The van der Waals surface area contributed by atoms with Crippen LogP contribution in [0.25, 0.3) is 11.6 Å². The van der Waals surface area contributed by atoms with E-state index in [1.165, 1.54) is 0 Å². The first-order chi connectivity index (χ1) is 12.6. The molecular weight excluding hydrogens is 330 g/mol. The van der Waals surface area contributed by atoms with Crippen LogP contribution < -0.4 is 10.1 Å². The van der Waals surface area contributed by atoms with Crippen molar-refractivity contribution in [2.24, 2.45) is 0 Å². The van der Waals surface area contributed by atoms with Gasteiger partial charge in [-0.2, -0.15) is 0 Å². The van der Waals surface area contributed by atoms with Crippen molar-refractivity contribution in [3.8, 4) is 5.75 Å². The summed E-state index contributed by atoms with van der Waals surface area (Å²) in [7, 11) is 0. The Hall–Kier alpha value is -3.08. The fourth-order valence-electron chi connectivity index (χ4n) is 2.79. The summed E-state index contributed by atoms with van der Waals surface area (Å²) in [6.45, 7) is 4.78. The largest absolute Gasteiger partial charge is 0.493 e. The van der Waals surface area contributed by atoms with Crippen LogP contribution in [-0.4, -0.2) is 25.1 Å². The molecular formula is C21H21NO4. The van der Waals surface area contributed by atoms with Crippen molar-refractivity contribution < 1.29 is 19.1 Å². The molecule has 3 rings (SSSR count). The highest BCUT2D eigenvalue weighted by atomic mass is 16.5. The standard InChI is InChI=1S/C21H21NO4/c1-3-11-26-21(24)15-9-10-16-17(20(23)22-18(16)13-15)12-14-7-5-6-8-19(14)25-4-2/h5-10,12-13H,3-4,11H2,1-2H3,(H,22,23). The van der Waals surface area contributed by atoms with Gasteiger partial charge in [-0.25, -0.2) is 4.79 Å². The van der Waals surface area contributed by atoms with Crippen molar-refractivity contribution in [1.82, 2.24) is 0 Å². The molecule has 0 spiro atoms. The van der Waals surface area contributed by atoms with Crippen molar-refractivity contribution in [2.45, 2.75) is 20.3 Å². The third-order valence-electron chi connectivity index (χ3n) is 3.99. The molecule has 26 heavy (non-hydrogen) atoms. The van der Waals surface area contributed by atoms with Crippen LogP contribution in [0.15, 0.2) is 42.5 Å². The Morgan fingerprint density at radius 3 is 2.73 bits per heavy atom. The predicted molar refractivity (Wildman–Crippen MR) is 101 cm³/mol. The first-order valence-corrected chi connectivity index (χ1v) is 8.70. The molecule has 0 bridgehead atoms. The van der Waals surface area contributed by atoms with Gasteiger partial charge < -0.3 is 14.8 Å². The van der Waals surface area contributed by atoms with Gasteiger partial charge in [-0.05, 0) is 37.6 Å². The Morgan fingerprint density at radius 1 is 1.15 bits per heavy atom. The molecule has 0 radical (unpaired) electrons. The van der Waals surface area contributed by atoms with Crippen molar-refractivity contribution in [1.29, 1.82) is 0 Å². The van der Waals surface area contributed by atoms with E-state index >= 15 is 0 Å². The molecule has 1 amide bonds. The topological polar surface area (TPSA) is 64.6 Å². The minimum atomic E-state index is -0.386. The molecule has 2 aromatic rings. The molecule has 0 unspecified atom stereocenters. The fourth-order valence-corrected chi connectivity index (χ4v) is 2.79. The van der Waals surface area contributed by atoms with Crippen LogP contribution in [0.1, 0.15) is 41.8 Å². The van der Waals surface area contributed by atoms with Crippen molar-refractivity contribution in [3.63, 3.8) is 0 Å². The third-order valence-corrected chi connectivity index (χ3v) is 3.99. The second kappa shape index (κ2) is 7.87. The van der Waals surface area contributed by atoms with Crippen LogP contribution in [0.5, 0.6) is 5.75 Å². The summed E-state index contributed by atoms with van der Waals surface area (Å²) in [6.07, 6.45) is 2.57. The minimum Gasteiger partial charge on any atom is -0.493 e. The van der Waals surface area contributed by atoms with E-state index in [2.05, 4.69) is 5.32 Å². The van der Waals surface area contributed by atoms with E-state index in [1.807, 2.05) is 38.1 Å². The second-order valence-corrected chi connectivity index (χ2v) is 5.88. The van der Waals surface area contributed by atoms with Crippen LogP contribution in [0.3, 0.4) is 0 Å². The Morgan fingerprint density at radius 2 is 1.96 bits per heavy atom. The quantitative estimate of drug-likeness (QED) is 0.627. The summed E-state index contributed by atoms with van der Waals surface area (Å²) < 4.78 is 10.8. The maximum atomic E-state index is 12.4. The number of hydrogen-bond donors (Lipinski definition) is 1. The number of anilines is 1. The molecule has 0 aliphatic carbocycles. The summed E-state index contributed by atoms with van der Waals surface area (Å²) in [5.41, 5.74) is 3.17. The SMILES string of the molecule is CCCOC(=O)c1ccc2c(c1)NC(=O)C2=Cc1ccccc1OCC. The number of hydrogen-bond acceptors (Lipinski definition) is 4. The summed E-state index contributed by atoms with van der Waals surface area (Å²) >= 11 is 0. The molecule has 1 heterocycles. The zero-order chi connectivity index (χ0) is 18.5. The van der Waals surface area contributed by atoms with Crippen LogP contribution >= 0.6 is 0 Å². The zero-order valence-corrected chi connectivity index (χ0v) is 14.9. The van der Waals surface area contributed by atoms with Gasteiger partial charge >= 0.3 is 5.97 Å². The van der Waals surface area contributed by atoms with Crippen LogP contribution in [0, 0.1) is 0 Å². The molecule has 5 heteroatoms. The molecule has 0 fully saturated rings. The normalized spacial score (nSPS) is 14.1. The number of carbonyl (C=O) groups excluding carboxylic acids is 2. The Bertz CT molecular complexity index is 870. The van der Waals surface area contributed by atoms with Gasteiger partial charge in [0.05, 0.1) is 18.8 Å². The number of carbonyl (C=O) groups is 2. The van der Waals surface area contributed by atoms with E-state index in [9.17, 15) is 9.59 Å². The average Bonchev–Trinajstić information content (AvgIpc) is 2.96. The number of esters is 1. The van der Waals surface area contributed by atoms with E-state index < -0.39 is 0 Å². The maximum Gasteiger partial charge on any atom is 0.338 e. The minimum absolute atomic E-state index is 0.203. The Balaban J connectivity index is 1.94. The van der Waals surface area contributed by atoms with Gasteiger partial charge in [0.25, 0.3) is 5.91 Å². The molecule has 2 aromatic carbocycles. The van der Waals surface area contributed by atoms with E-state index in [0.717, 1.165) is 23.3 Å². The summed E-state index contributed by atoms with van der Waals surface area (Å²) in [5, 5.41) is 2.81. The second-order valence-electron chi connectivity index (χ2n) is 5.88. The van der Waals surface area contributed by atoms with Gasteiger partial charge in [0, 0.05) is 22.4 Å². The molecule has 0 atom stereocenters. The van der Waals surface area contributed by atoms with Gasteiger partial charge in [0.2, 0.25) is 0 Å². The third kappa shape index (κ3) is 3.61. The van der Waals surface area contributed by atoms with E-state index in [4.69, 9.17) is 9.47 Å². The summed E-state index contributed by atoms with van der Waals surface area (Å²) in [6, 6.07) is 12.7. The highest BCUT2D eigenvalue weighted by Crippen LogP contribution is 2.35. The van der Waals surface area contributed by atoms with Crippen LogP contribution in [0.4, 0.5) is 5.69 Å². The van der Waals surface area contributed by atoms with E-state index in [0.29, 0.717) is 30.0 Å². The molecule has 1 N–H and O–H groups in total. The number of para-hydroxylation sites is 1. The number of rotatable bonds is 6. The average molecular weight is 351 g/mol. The molecule has 134 valence electrons. The van der Waals surface area contributed by atoms with Crippen molar-refractivity contribution in [3.05, 3.63) is 59.2 Å². The molecule has 0 saturated carbocycles. The van der Waals surface area contributed by atoms with Gasteiger partial charge in [0.1, 0.15) is 5.75 Å². The van der Waals surface area contributed by atoms with Crippen molar-refractivity contribution in [2.75, 3.05) is 18.5 Å². The zero-order valence-electron chi connectivity index (χ0n) is 14.9. The van der Waals surface area contributed by atoms with Gasteiger partial charge in [0.15, 0.2) is 0 Å². The number of ether oxygens (including phenoxy) is 2. The first kappa shape index (κ1) is 17.7. The summed E-state index contributed by atoms with van der Waals surface area (Å²) in [4.78, 5) is 24.4. The maximum absolute atomic E-state index is 12.4. The van der Waals surface area contributed by atoms with Gasteiger partial charge in [-0.1, -0.05) is 31.2 Å². The molecule has 1 aliphatic heterocycles. The molecule has 0 aromatic heterocycles. The monoisotopic (exact) mass is 351 g/mol. The fraction of sp³-hybridized carbons (Fsp3) is 0.238. The van der Waals surface area contributed by atoms with Gasteiger partial charge in [-0.3, -0.25) is 4.79 Å². The van der Waals surface area contributed by atoms with E-state index in [1.54, 1.807) is 24.3 Å². The molecule has 1 aliphatic rings. The molecule has 0 saturated heterocycles. The summed E-state index contributed by atoms with van der Waals surface area (Å²) in [5.74, 6) is 0.136. The smallest absolute Gasteiger partial charge is 0.338 e. The molecule has 5 nitrogen and oxygen atoms in total. The lowest BCUT2D eigenvalue weighted by Gasteiger charge is -2.07. The number of benzene rings is 2. The highest BCUT2D eigenvalue weighted by molar-refractivity contribution is 6.35. The van der Waals surface area contributed by atoms with Gasteiger partial charge in [-0.15, -0.1) is 0 Å². The lowest BCUT2D eigenvalue weighted by molar-refractivity contribution is -0.110. The predicted octanol–water partition coefficient (Wildman–Crippen LogP) is 4.14. The Kier molecular flexibility index (Phi) is 5.37. The highest BCUT2D eigenvalue weighted by Gasteiger charge is 2.25. The van der Waals surface area contributed by atoms with E-state index in [-0.39, 0.29) is 11.9 Å². The first-order valence-electron chi connectivity index (χ1n) is 8.70. The van der Waals surface area contributed by atoms with Crippen molar-refractivity contribution >= 4 is 29.2 Å². The lowest BCUT2D eigenvalue weighted by atomic mass is 10.0.